The number of hydrogen-bond acceptors (Lipinski definition) is 6. The van der Waals surface area contributed by atoms with E-state index in [0.717, 1.165) is 16.0 Å². The lowest BCUT2D eigenvalue weighted by Gasteiger charge is -2.12. The molecule has 0 spiro atoms. The number of hydrogen-bond donors (Lipinski definition) is 3. The molecule has 8 nitrogen and oxygen atoms in total. The topological polar surface area (TPSA) is 97.3 Å². The Hall–Kier alpha value is -2.51. The Morgan fingerprint density at radius 3 is 2.58 bits per heavy atom. The SMILES string of the molecule is CCOC(=O)c1c(NC(=S)NNC(=O)c2nn(C)cc2I)sc(C)c1-c1ccccc1. The third-order valence-corrected chi connectivity index (χ3v) is 6.16. The molecular formula is C20H20IN5O3S2. The molecule has 31 heavy (non-hydrogen) atoms. The zero-order chi connectivity index (χ0) is 22.5. The van der Waals surface area contributed by atoms with E-state index in [1.165, 1.54) is 11.3 Å². The second-order valence-corrected chi connectivity index (χ2v) is 9.15. The molecule has 0 aliphatic carbocycles. The van der Waals surface area contributed by atoms with Gasteiger partial charge in [-0.3, -0.25) is 20.3 Å². The van der Waals surface area contributed by atoms with Crippen molar-refractivity contribution in [2.75, 3.05) is 11.9 Å². The molecule has 0 saturated carbocycles. The summed E-state index contributed by atoms with van der Waals surface area (Å²) in [6.45, 7) is 3.94. The number of nitrogens with zero attached hydrogens (tertiary/aromatic N) is 2. The standard InChI is InChI=1S/C20H20IN5O3S2/c1-4-29-19(28)15-14(12-8-6-5-7-9-12)11(2)31-18(15)22-20(30)24-23-17(27)16-13(21)10-26(3)25-16/h5-10H,4H2,1-3H3,(H,23,27)(H2,22,24,30). The third kappa shape index (κ3) is 5.40. The van der Waals surface area contributed by atoms with Gasteiger partial charge < -0.3 is 10.1 Å². The van der Waals surface area contributed by atoms with Crippen LogP contribution in [-0.2, 0) is 11.8 Å². The van der Waals surface area contributed by atoms with Gasteiger partial charge in [0.1, 0.15) is 10.6 Å². The number of aromatic nitrogens is 2. The van der Waals surface area contributed by atoms with Crippen molar-refractivity contribution in [1.29, 1.82) is 0 Å². The van der Waals surface area contributed by atoms with Crippen LogP contribution >= 0.6 is 46.1 Å². The largest absolute Gasteiger partial charge is 0.462 e. The Labute approximate surface area is 202 Å². The summed E-state index contributed by atoms with van der Waals surface area (Å²) in [5, 5.41) is 7.78. The van der Waals surface area contributed by atoms with Gasteiger partial charge in [0, 0.05) is 23.7 Å². The molecule has 2 heterocycles. The minimum atomic E-state index is -0.442. The molecular weight excluding hydrogens is 549 g/mol. The van der Waals surface area contributed by atoms with E-state index in [2.05, 4.69) is 21.3 Å². The molecule has 162 valence electrons. The van der Waals surface area contributed by atoms with E-state index in [1.54, 1.807) is 24.9 Å². The maximum atomic E-state index is 12.7. The molecule has 1 aromatic carbocycles. The maximum absolute atomic E-state index is 12.7. The van der Waals surface area contributed by atoms with E-state index in [9.17, 15) is 9.59 Å². The quantitative estimate of drug-likeness (QED) is 0.186. The van der Waals surface area contributed by atoms with E-state index < -0.39 is 11.9 Å². The average molecular weight is 569 g/mol. The number of thiophene rings is 1. The van der Waals surface area contributed by atoms with Crippen molar-refractivity contribution in [3.05, 3.63) is 56.2 Å². The van der Waals surface area contributed by atoms with Crippen LogP contribution in [0.2, 0.25) is 0 Å². The van der Waals surface area contributed by atoms with Crippen molar-refractivity contribution in [3.8, 4) is 11.1 Å². The molecule has 0 radical (unpaired) electrons. The van der Waals surface area contributed by atoms with Crippen LogP contribution in [0.3, 0.4) is 0 Å². The first-order valence-electron chi connectivity index (χ1n) is 9.24. The number of aryl methyl sites for hydroxylation is 2. The number of carbonyl (C=O) groups excluding carboxylic acids is 2. The number of benzene rings is 1. The highest BCUT2D eigenvalue weighted by molar-refractivity contribution is 14.1. The predicted molar refractivity (Wildman–Crippen MR) is 133 cm³/mol. The maximum Gasteiger partial charge on any atom is 0.341 e. The fourth-order valence-corrected chi connectivity index (χ4v) is 4.95. The molecule has 3 aromatic rings. The number of anilines is 1. The van der Waals surface area contributed by atoms with E-state index in [-0.39, 0.29) is 17.4 Å². The van der Waals surface area contributed by atoms with E-state index >= 15 is 0 Å². The molecule has 0 saturated heterocycles. The zero-order valence-electron chi connectivity index (χ0n) is 17.0. The number of thiocarbonyl (C=S) groups is 1. The van der Waals surface area contributed by atoms with Gasteiger partial charge >= 0.3 is 5.97 Å². The number of amides is 1. The summed E-state index contributed by atoms with van der Waals surface area (Å²) in [6, 6.07) is 9.61. The molecule has 1 amide bonds. The van der Waals surface area contributed by atoms with Crippen molar-refractivity contribution in [2.24, 2.45) is 7.05 Å². The molecule has 0 aliphatic rings. The molecule has 0 fully saturated rings. The van der Waals surface area contributed by atoms with Crippen LogP contribution in [0.5, 0.6) is 0 Å². The normalized spacial score (nSPS) is 10.5. The first kappa shape index (κ1) is 23.2. The highest BCUT2D eigenvalue weighted by Gasteiger charge is 2.25. The minimum absolute atomic E-state index is 0.130. The molecule has 0 unspecified atom stereocenters. The van der Waals surface area contributed by atoms with Gasteiger partial charge in [0.2, 0.25) is 0 Å². The molecule has 0 aliphatic heterocycles. The average Bonchev–Trinajstić information content (AvgIpc) is 3.24. The number of carbonyl (C=O) groups is 2. The zero-order valence-corrected chi connectivity index (χ0v) is 20.8. The molecule has 0 bridgehead atoms. The molecule has 0 atom stereocenters. The molecule has 11 heteroatoms. The highest BCUT2D eigenvalue weighted by atomic mass is 127. The minimum Gasteiger partial charge on any atom is -0.462 e. The lowest BCUT2D eigenvalue weighted by atomic mass is 10.0. The summed E-state index contributed by atoms with van der Waals surface area (Å²) in [6.07, 6.45) is 1.73. The monoisotopic (exact) mass is 569 g/mol. The Kier molecular flexibility index (Phi) is 7.62. The Morgan fingerprint density at radius 1 is 1.26 bits per heavy atom. The van der Waals surface area contributed by atoms with Crippen LogP contribution in [0.4, 0.5) is 5.00 Å². The lowest BCUT2D eigenvalue weighted by molar-refractivity contribution is 0.0528. The number of halogens is 1. The summed E-state index contributed by atoms with van der Waals surface area (Å²) in [7, 11) is 1.74. The Bertz CT molecular complexity index is 1130. The lowest BCUT2D eigenvalue weighted by Crippen LogP contribution is -2.44. The summed E-state index contributed by atoms with van der Waals surface area (Å²) in [5.74, 6) is -0.866. The first-order chi connectivity index (χ1) is 14.8. The second-order valence-electron chi connectivity index (χ2n) is 6.36. The van der Waals surface area contributed by atoms with Gasteiger partial charge in [-0.1, -0.05) is 30.3 Å². The summed E-state index contributed by atoms with van der Waals surface area (Å²) in [5.41, 5.74) is 7.56. The van der Waals surface area contributed by atoms with Crippen LogP contribution in [0, 0.1) is 10.5 Å². The molecule has 2 aromatic heterocycles. The summed E-state index contributed by atoms with van der Waals surface area (Å²) >= 11 is 8.73. The number of esters is 1. The number of hydrazine groups is 1. The van der Waals surface area contributed by atoms with Crippen LogP contribution < -0.4 is 16.2 Å². The van der Waals surface area contributed by atoms with Gasteiger partial charge in [0.05, 0.1) is 10.2 Å². The highest BCUT2D eigenvalue weighted by Crippen LogP contribution is 2.40. The molecule has 3 N–H and O–H groups in total. The molecule has 3 rings (SSSR count). The van der Waals surface area contributed by atoms with Crippen molar-refractivity contribution in [1.82, 2.24) is 20.6 Å². The van der Waals surface area contributed by atoms with Gasteiger partial charge in [0.25, 0.3) is 5.91 Å². The number of rotatable bonds is 5. The smallest absolute Gasteiger partial charge is 0.341 e. The van der Waals surface area contributed by atoms with Crippen LogP contribution in [-0.4, -0.2) is 33.4 Å². The van der Waals surface area contributed by atoms with Gasteiger partial charge in [-0.05, 0) is 54.2 Å². The summed E-state index contributed by atoms with van der Waals surface area (Å²) in [4.78, 5) is 26.0. The van der Waals surface area contributed by atoms with Gasteiger partial charge in [-0.15, -0.1) is 11.3 Å². The van der Waals surface area contributed by atoms with Crippen LogP contribution in [0.1, 0.15) is 32.6 Å². The van der Waals surface area contributed by atoms with E-state index in [1.807, 2.05) is 59.8 Å². The van der Waals surface area contributed by atoms with Gasteiger partial charge in [0.15, 0.2) is 10.8 Å². The van der Waals surface area contributed by atoms with Gasteiger partial charge in [-0.25, -0.2) is 4.79 Å². The first-order valence-corrected chi connectivity index (χ1v) is 11.5. The van der Waals surface area contributed by atoms with Crippen LogP contribution in [0.15, 0.2) is 36.5 Å². The Morgan fingerprint density at radius 2 is 1.97 bits per heavy atom. The van der Waals surface area contributed by atoms with Crippen LogP contribution in [0.25, 0.3) is 11.1 Å². The van der Waals surface area contributed by atoms with E-state index in [4.69, 9.17) is 17.0 Å². The van der Waals surface area contributed by atoms with Crippen molar-refractivity contribution < 1.29 is 14.3 Å². The third-order valence-electron chi connectivity index (χ3n) is 4.14. The second kappa shape index (κ2) is 10.2. The van der Waals surface area contributed by atoms with Crippen molar-refractivity contribution in [2.45, 2.75) is 13.8 Å². The van der Waals surface area contributed by atoms with Gasteiger partial charge in [-0.2, -0.15) is 5.10 Å². The Balaban J connectivity index is 1.80. The van der Waals surface area contributed by atoms with Crippen molar-refractivity contribution in [3.63, 3.8) is 0 Å². The van der Waals surface area contributed by atoms with E-state index in [0.29, 0.717) is 14.1 Å². The number of nitrogens with one attached hydrogen (secondary N) is 3. The predicted octanol–water partition coefficient (Wildman–Crippen LogP) is 3.87. The van der Waals surface area contributed by atoms with Crippen molar-refractivity contribution >= 4 is 68.1 Å². The summed E-state index contributed by atoms with van der Waals surface area (Å²) < 4.78 is 7.55. The fraction of sp³-hybridized carbons (Fsp3) is 0.200. The fourth-order valence-electron chi connectivity index (χ4n) is 2.90. The number of ether oxygens (including phenoxy) is 1.